The first-order chi connectivity index (χ1) is 48.6. The summed E-state index contributed by atoms with van der Waals surface area (Å²) in [4.78, 5) is 169. The van der Waals surface area contributed by atoms with Gasteiger partial charge in [0, 0.05) is 169 Å². The molecule has 0 radical (unpaired) electrons. The number of rotatable bonds is 63. The lowest BCUT2D eigenvalue weighted by Gasteiger charge is -2.25. The van der Waals surface area contributed by atoms with Crippen molar-refractivity contribution >= 4 is 106 Å². The molecule has 0 amide bonds. The first-order valence-corrected chi connectivity index (χ1v) is 35.8. The Labute approximate surface area is 606 Å². The van der Waals surface area contributed by atoms with Crippen molar-refractivity contribution in [2.75, 3.05) is 58.9 Å². The molecule has 584 valence electrons. The fraction of sp³-hybridized carbons (Fsp3) is 0.731. The van der Waals surface area contributed by atoms with Crippen molar-refractivity contribution in [2.45, 2.75) is 194 Å². The van der Waals surface area contributed by atoms with Gasteiger partial charge in [0.15, 0.2) is 53.6 Å². The third-order valence-electron chi connectivity index (χ3n) is 17.7. The number of Topliss-reactive ketones (excluding diaryl/α,β-unsaturated/α-hetero) is 9. The molecule has 0 fully saturated rings. The van der Waals surface area contributed by atoms with Crippen LogP contribution in [-0.4, -0.2) is 165 Å². The Morgan fingerprint density at radius 3 is 0.476 bits per heavy atom. The number of carbonyl (C=O) groups is 9. The summed E-state index contributed by atoms with van der Waals surface area (Å²) in [5.74, 6) is -13.3. The molecule has 103 heavy (non-hydrogen) atoms. The van der Waals surface area contributed by atoms with E-state index in [9.17, 15) is 28.8 Å². The van der Waals surface area contributed by atoms with Gasteiger partial charge in [0.05, 0.1) is 0 Å². The molecule has 0 aromatic carbocycles. The fourth-order valence-electron chi connectivity index (χ4n) is 12.2. The molecule has 0 aliphatic carbocycles. The summed E-state index contributed by atoms with van der Waals surface area (Å²) in [6.45, 7) is 6.58. The maximum absolute atomic E-state index is 15.2. The third-order valence-corrected chi connectivity index (χ3v) is 17.7. The van der Waals surface area contributed by atoms with Crippen molar-refractivity contribution in [2.24, 2.45) is 207 Å². The molecule has 0 spiro atoms. The smallest absolute Gasteiger partial charge is 0.185 e. The largest absolute Gasteiger partial charge is 0.370 e. The molecule has 36 nitrogen and oxygen atoms in total. The van der Waals surface area contributed by atoms with E-state index in [1.165, 1.54) is 0 Å². The van der Waals surface area contributed by atoms with Crippen molar-refractivity contribution in [1.29, 1.82) is 0 Å². The zero-order chi connectivity index (χ0) is 78.0. The van der Waals surface area contributed by atoms with Crippen LogP contribution < -0.4 is 103 Å². The van der Waals surface area contributed by atoms with Gasteiger partial charge < -0.3 is 103 Å². The monoisotopic (exact) mass is 1450 g/mol. The third kappa shape index (κ3) is 46.6. The van der Waals surface area contributed by atoms with Gasteiger partial charge >= 0.3 is 0 Å². The summed E-state index contributed by atoms with van der Waals surface area (Å²) < 4.78 is 0. The molecule has 9 unspecified atom stereocenters. The molecule has 0 saturated heterocycles. The number of hydrogen-bond donors (Lipinski definition) is 18. The zero-order valence-electron chi connectivity index (χ0n) is 61.3. The molecule has 0 aliphatic heterocycles. The number of aliphatic imine (C=N–C) groups is 9. The van der Waals surface area contributed by atoms with Crippen LogP contribution in [0.5, 0.6) is 0 Å². The summed E-state index contributed by atoms with van der Waals surface area (Å²) in [7, 11) is 0. The van der Waals surface area contributed by atoms with E-state index in [0.29, 0.717) is 45.1 Å². The van der Waals surface area contributed by atoms with E-state index in [4.69, 9.17) is 103 Å². The highest BCUT2D eigenvalue weighted by Crippen LogP contribution is 2.32. The van der Waals surface area contributed by atoms with Crippen LogP contribution in [0.25, 0.3) is 0 Å². The van der Waals surface area contributed by atoms with Crippen LogP contribution in [0.15, 0.2) is 44.9 Å². The quantitative estimate of drug-likeness (QED) is 0.0184. The minimum Gasteiger partial charge on any atom is -0.370 e. The average molecular weight is 1450 g/mol. The summed E-state index contributed by atoms with van der Waals surface area (Å²) >= 11 is 0. The van der Waals surface area contributed by atoms with Crippen LogP contribution in [0.1, 0.15) is 194 Å². The highest BCUT2D eigenvalue weighted by molar-refractivity contribution is 5.98. The second-order valence-corrected chi connectivity index (χ2v) is 26.6. The second kappa shape index (κ2) is 54.2. The topological polar surface area (TPSA) is 733 Å². The van der Waals surface area contributed by atoms with Gasteiger partial charge in [-0.05, 0) is 122 Å². The predicted octanol–water partition coefficient (Wildman–Crippen LogP) is -1.68. The molecule has 0 bridgehead atoms. The first-order valence-electron chi connectivity index (χ1n) is 35.8. The fourth-order valence-corrected chi connectivity index (χ4v) is 12.2. The summed E-state index contributed by atoms with van der Waals surface area (Å²) in [6, 6.07) is 0. The van der Waals surface area contributed by atoms with Crippen molar-refractivity contribution < 1.29 is 43.2 Å². The Morgan fingerprint density at radius 1 is 0.214 bits per heavy atom. The molecule has 0 rings (SSSR count). The van der Waals surface area contributed by atoms with Gasteiger partial charge in [-0.3, -0.25) is 88.1 Å². The maximum Gasteiger partial charge on any atom is 0.185 e. The van der Waals surface area contributed by atoms with Gasteiger partial charge in [-0.1, -0.05) is 20.8 Å². The second-order valence-electron chi connectivity index (χ2n) is 26.6. The number of carbonyl (C=O) groups excluding carboxylic acids is 9. The van der Waals surface area contributed by atoms with E-state index in [2.05, 4.69) is 44.9 Å². The number of nitrogens with two attached hydrogens (primary N) is 18. The van der Waals surface area contributed by atoms with Crippen LogP contribution in [0, 0.1) is 59.2 Å². The average Bonchev–Trinajstić information content (AvgIpc) is 0.862. The summed E-state index contributed by atoms with van der Waals surface area (Å²) in [5, 5.41) is 0. The van der Waals surface area contributed by atoms with Crippen molar-refractivity contribution in [3.63, 3.8) is 0 Å². The number of nitrogens with zero attached hydrogens (tertiary/aromatic N) is 9. The predicted molar refractivity (Wildman–Crippen MR) is 408 cm³/mol. The molecule has 0 aliphatic rings. The molecule has 9 atom stereocenters. The standard InChI is InChI=1S/C67H127N27O9/c1-4-41(14-5-23-86-59(68)69)50(95)32-42(15-6-24-87-60(70)71)51(96)33-43(16-7-25-88-61(72)73)52(97)34-44(17-8-26-89-62(74)75)53(98)35-45(18-9-27-90-63(76)77)54(99)36-46(19-10-28-91-64(78)79)55(100)37-47(20-11-29-92-65(80)81)56(101)38-48(21-12-30-93-66(82)83)57(102)39-49(58(103)40(2)3)22-13-31-94-67(84)85/h40-49H,4-39H2,1-3H3,(H4,68,69,86)(H4,70,71,87)(H4,72,73,88)(H4,74,75,89)(H4,76,77,90)(H4,78,79,91)(H4,80,81,92)(H4,82,83,93)(H4,84,85,94). The highest BCUT2D eigenvalue weighted by atomic mass is 16.2. The lowest BCUT2D eigenvalue weighted by molar-refractivity contribution is -0.136. The lowest BCUT2D eigenvalue weighted by atomic mass is 9.77. The summed E-state index contributed by atoms with van der Waals surface area (Å²) in [6.07, 6.45) is 2.19. The Morgan fingerprint density at radius 2 is 0.340 bits per heavy atom. The van der Waals surface area contributed by atoms with Gasteiger partial charge in [-0.2, -0.15) is 0 Å². The Bertz CT molecular complexity index is 2910. The molecule has 0 aromatic heterocycles. The molecule has 36 N–H and O–H groups in total. The van der Waals surface area contributed by atoms with E-state index in [0.717, 1.165) is 0 Å². The molecule has 0 heterocycles. The highest BCUT2D eigenvalue weighted by Gasteiger charge is 2.37. The zero-order valence-corrected chi connectivity index (χ0v) is 61.3. The molecule has 0 saturated carbocycles. The normalized spacial score (nSPS) is 13.6. The molecular formula is C67H127N27O9. The van der Waals surface area contributed by atoms with Crippen LogP contribution in [0.4, 0.5) is 0 Å². The lowest BCUT2D eigenvalue weighted by Crippen LogP contribution is -2.32. The van der Waals surface area contributed by atoms with Crippen LogP contribution in [-0.2, 0) is 43.2 Å². The van der Waals surface area contributed by atoms with E-state index >= 15 is 14.4 Å². The maximum atomic E-state index is 15.2. The van der Waals surface area contributed by atoms with E-state index in [1.54, 1.807) is 13.8 Å². The van der Waals surface area contributed by atoms with E-state index in [-0.39, 0.29) is 251 Å². The molecular weight excluding hydrogens is 1330 g/mol. The number of hydrogen-bond acceptors (Lipinski definition) is 18. The minimum absolute atomic E-state index is 0.0513. The number of ketones is 9. The first kappa shape index (κ1) is 93.5. The minimum atomic E-state index is -1.07. The van der Waals surface area contributed by atoms with E-state index < -0.39 is 101 Å². The van der Waals surface area contributed by atoms with Crippen molar-refractivity contribution in [3.8, 4) is 0 Å². The molecule has 0 aromatic rings. The Kier molecular flexibility index (Phi) is 49.2. The summed E-state index contributed by atoms with van der Waals surface area (Å²) in [5.41, 5.74) is 101. The Hall–Kier alpha value is -9.54. The van der Waals surface area contributed by atoms with E-state index in [1.807, 2.05) is 6.92 Å². The van der Waals surface area contributed by atoms with Crippen molar-refractivity contribution in [3.05, 3.63) is 0 Å². The van der Waals surface area contributed by atoms with Gasteiger partial charge in [-0.25, -0.2) is 0 Å². The van der Waals surface area contributed by atoms with Crippen LogP contribution in [0.3, 0.4) is 0 Å². The van der Waals surface area contributed by atoms with Crippen LogP contribution in [0.2, 0.25) is 0 Å². The van der Waals surface area contributed by atoms with Crippen LogP contribution >= 0.6 is 0 Å². The number of guanidine groups is 9. The van der Waals surface area contributed by atoms with Gasteiger partial charge in [0.1, 0.15) is 52.0 Å². The van der Waals surface area contributed by atoms with Gasteiger partial charge in [0.25, 0.3) is 0 Å². The van der Waals surface area contributed by atoms with Gasteiger partial charge in [-0.15, -0.1) is 0 Å². The SMILES string of the molecule is CCC(CCCN=C(N)N)C(=O)CC(CCCN=C(N)N)C(=O)CC(CCCN=C(N)N)C(=O)CC(CCCN=C(N)N)C(=O)CC(CCCN=C(N)N)C(=O)CC(CCCN=C(N)N)C(=O)CC(CCCN=C(N)N)C(=O)CC(CCCN=C(N)N)C(=O)CC(CCCN=C(N)N)C(=O)C(C)C. The Balaban J connectivity index is 7.87. The van der Waals surface area contributed by atoms with Crippen molar-refractivity contribution in [1.82, 2.24) is 0 Å². The van der Waals surface area contributed by atoms with Gasteiger partial charge in [0.2, 0.25) is 0 Å². The molecule has 36 heteroatoms.